The van der Waals surface area contributed by atoms with Gasteiger partial charge in [0.25, 0.3) is 0 Å². The molecule has 1 atom stereocenters. The quantitative estimate of drug-likeness (QED) is 0.795. The number of nitrogens with two attached hydrogens (primary N) is 1. The van der Waals surface area contributed by atoms with Gasteiger partial charge in [-0.3, -0.25) is 0 Å². The average molecular weight is 223 g/mol. The Morgan fingerprint density at radius 1 is 1.56 bits per heavy atom. The van der Waals surface area contributed by atoms with Crippen LogP contribution < -0.4 is 10.6 Å². The van der Waals surface area contributed by atoms with Crippen molar-refractivity contribution in [3.63, 3.8) is 0 Å². The van der Waals surface area contributed by atoms with Crippen LogP contribution in [0.5, 0.6) is 0 Å². The number of hydrogen-bond donors (Lipinski definition) is 1. The Bertz CT molecular complexity index is 315. The molecule has 1 rings (SSSR count). The number of hydrogen-bond acceptors (Lipinski definition) is 4. The van der Waals surface area contributed by atoms with Crippen LogP contribution in [0.2, 0.25) is 0 Å². The molecule has 1 heterocycles. The van der Waals surface area contributed by atoms with Gasteiger partial charge in [0.05, 0.1) is 6.61 Å². The van der Waals surface area contributed by atoms with E-state index in [-0.39, 0.29) is 6.04 Å². The number of likely N-dealkylation sites (N-methyl/N-ethyl adjacent to an activating group) is 1. The Hall–Kier alpha value is -1.13. The largest absolute Gasteiger partial charge is 0.383 e. The summed E-state index contributed by atoms with van der Waals surface area (Å²) in [7, 11) is 1.71. The SMILES string of the molecule is CCN(CCOC)c1cc([C@H](C)N)ccn1. The molecule has 0 aromatic carbocycles. The number of rotatable bonds is 6. The topological polar surface area (TPSA) is 51.4 Å². The van der Waals surface area contributed by atoms with Crippen LogP contribution in [0.3, 0.4) is 0 Å². The van der Waals surface area contributed by atoms with E-state index in [2.05, 4.69) is 16.8 Å². The molecule has 0 spiro atoms. The Kier molecular flexibility index (Phi) is 5.22. The molecule has 0 amide bonds. The highest BCUT2D eigenvalue weighted by Gasteiger charge is 2.07. The summed E-state index contributed by atoms with van der Waals surface area (Å²) in [6.45, 7) is 6.56. The van der Waals surface area contributed by atoms with Gasteiger partial charge in [-0.05, 0) is 31.5 Å². The number of ether oxygens (including phenoxy) is 1. The number of pyridine rings is 1. The molecule has 1 aromatic rings. The lowest BCUT2D eigenvalue weighted by Gasteiger charge is -2.22. The third-order valence-electron chi connectivity index (χ3n) is 2.57. The van der Waals surface area contributed by atoms with Gasteiger partial charge in [0, 0.05) is 32.4 Å². The minimum Gasteiger partial charge on any atom is -0.383 e. The molecule has 1 aromatic heterocycles. The number of aromatic nitrogens is 1. The van der Waals surface area contributed by atoms with Gasteiger partial charge in [-0.1, -0.05) is 0 Å². The van der Waals surface area contributed by atoms with E-state index in [1.54, 1.807) is 7.11 Å². The lowest BCUT2D eigenvalue weighted by Crippen LogP contribution is -2.27. The number of nitrogens with zero attached hydrogens (tertiary/aromatic N) is 2. The van der Waals surface area contributed by atoms with Gasteiger partial charge in [-0.2, -0.15) is 0 Å². The molecule has 4 heteroatoms. The van der Waals surface area contributed by atoms with E-state index in [4.69, 9.17) is 10.5 Å². The molecule has 2 N–H and O–H groups in total. The maximum absolute atomic E-state index is 5.85. The van der Waals surface area contributed by atoms with Gasteiger partial charge in [-0.15, -0.1) is 0 Å². The highest BCUT2D eigenvalue weighted by Crippen LogP contribution is 2.16. The van der Waals surface area contributed by atoms with Crippen molar-refractivity contribution in [3.8, 4) is 0 Å². The Morgan fingerprint density at radius 3 is 2.88 bits per heavy atom. The summed E-state index contributed by atoms with van der Waals surface area (Å²) in [5.41, 5.74) is 6.97. The van der Waals surface area contributed by atoms with Gasteiger partial charge >= 0.3 is 0 Å². The summed E-state index contributed by atoms with van der Waals surface area (Å²) in [6.07, 6.45) is 1.81. The van der Waals surface area contributed by atoms with Crippen LogP contribution in [-0.2, 0) is 4.74 Å². The first-order valence-electron chi connectivity index (χ1n) is 5.64. The zero-order chi connectivity index (χ0) is 12.0. The maximum atomic E-state index is 5.85. The van der Waals surface area contributed by atoms with E-state index < -0.39 is 0 Å². The molecule has 0 unspecified atom stereocenters. The molecular formula is C12H21N3O. The first-order valence-corrected chi connectivity index (χ1v) is 5.64. The van der Waals surface area contributed by atoms with E-state index >= 15 is 0 Å². The summed E-state index contributed by atoms with van der Waals surface area (Å²) < 4.78 is 5.08. The van der Waals surface area contributed by atoms with Gasteiger partial charge in [0.1, 0.15) is 5.82 Å². The van der Waals surface area contributed by atoms with E-state index in [0.717, 1.165) is 24.5 Å². The minimum absolute atomic E-state index is 0.0443. The van der Waals surface area contributed by atoms with Gasteiger partial charge in [0.15, 0.2) is 0 Å². The van der Waals surface area contributed by atoms with Crippen molar-refractivity contribution >= 4 is 5.82 Å². The van der Waals surface area contributed by atoms with Crippen LogP contribution in [-0.4, -0.2) is 31.8 Å². The molecule has 0 saturated carbocycles. The minimum atomic E-state index is 0.0443. The van der Waals surface area contributed by atoms with Crippen molar-refractivity contribution in [2.75, 3.05) is 31.7 Å². The fraction of sp³-hybridized carbons (Fsp3) is 0.583. The smallest absolute Gasteiger partial charge is 0.128 e. The number of anilines is 1. The monoisotopic (exact) mass is 223 g/mol. The van der Waals surface area contributed by atoms with Crippen LogP contribution in [0, 0.1) is 0 Å². The van der Waals surface area contributed by atoms with Gasteiger partial charge in [0.2, 0.25) is 0 Å². The molecular weight excluding hydrogens is 202 g/mol. The van der Waals surface area contributed by atoms with Crippen LogP contribution >= 0.6 is 0 Å². The molecule has 0 radical (unpaired) electrons. The van der Waals surface area contributed by atoms with Crippen LogP contribution in [0.1, 0.15) is 25.5 Å². The second-order valence-electron chi connectivity index (χ2n) is 3.81. The lowest BCUT2D eigenvalue weighted by molar-refractivity contribution is 0.205. The predicted octanol–water partition coefficient (Wildman–Crippen LogP) is 1.57. The van der Waals surface area contributed by atoms with E-state index in [0.29, 0.717) is 6.61 Å². The van der Waals surface area contributed by atoms with E-state index in [9.17, 15) is 0 Å². The van der Waals surface area contributed by atoms with Crippen molar-refractivity contribution in [2.24, 2.45) is 5.73 Å². The molecule has 16 heavy (non-hydrogen) atoms. The summed E-state index contributed by atoms with van der Waals surface area (Å²) in [4.78, 5) is 6.54. The molecule has 4 nitrogen and oxygen atoms in total. The van der Waals surface area contributed by atoms with E-state index in [1.165, 1.54) is 0 Å². The molecule has 0 aliphatic heterocycles. The maximum Gasteiger partial charge on any atom is 0.128 e. The van der Waals surface area contributed by atoms with Crippen LogP contribution in [0.4, 0.5) is 5.82 Å². The zero-order valence-corrected chi connectivity index (χ0v) is 10.3. The molecule has 0 saturated heterocycles. The summed E-state index contributed by atoms with van der Waals surface area (Å²) in [5, 5.41) is 0. The summed E-state index contributed by atoms with van der Waals surface area (Å²) >= 11 is 0. The Morgan fingerprint density at radius 2 is 2.31 bits per heavy atom. The Labute approximate surface area is 97.4 Å². The van der Waals surface area contributed by atoms with Crippen molar-refractivity contribution in [1.29, 1.82) is 0 Å². The normalized spacial score (nSPS) is 12.5. The highest BCUT2D eigenvalue weighted by atomic mass is 16.5. The molecule has 0 fully saturated rings. The zero-order valence-electron chi connectivity index (χ0n) is 10.3. The standard InChI is InChI=1S/C12H21N3O/c1-4-15(7-8-16-3)12-9-11(10(2)13)5-6-14-12/h5-6,9-10H,4,7-8,13H2,1-3H3/t10-/m0/s1. The van der Waals surface area contributed by atoms with Crippen molar-refractivity contribution < 1.29 is 4.74 Å². The average Bonchev–Trinajstić information content (AvgIpc) is 2.30. The second-order valence-corrected chi connectivity index (χ2v) is 3.81. The van der Waals surface area contributed by atoms with Crippen molar-refractivity contribution in [1.82, 2.24) is 4.98 Å². The highest BCUT2D eigenvalue weighted by molar-refractivity contribution is 5.41. The molecule has 0 aliphatic rings. The van der Waals surface area contributed by atoms with Gasteiger partial charge in [-0.25, -0.2) is 4.98 Å². The first kappa shape index (κ1) is 12.9. The Balaban J connectivity index is 2.79. The van der Waals surface area contributed by atoms with Crippen LogP contribution in [0.25, 0.3) is 0 Å². The van der Waals surface area contributed by atoms with Gasteiger partial charge < -0.3 is 15.4 Å². The molecule has 90 valence electrons. The molecule has 0 aliphatic carbocycles. The number of methoxy groups -OCH3 is 1. The predicted molar refractivity (Wildman–Crippen MR) is 66.6 cm³/mol. The third-order valence-corrected chi connectivity index (χ3v) is 2.57. The molecule has 0 bridgehead atoms. The first-order chi connectivity index (χ1) is 7.69. The van der Waals surface area contributed by atoms with Crippen LogP contribution in [0.15, 0.2) is 18.3 Å². The fourth-order valence-electron chi connectivity index (χ4n) is 1.53. The summed E-state index contributed by atoms with van der Waals surface area (Å²) in [5.74, 6) is 0.967. The van der Waals surface area contributed by atoms with Crippen molar-refractivity contribution in [3.05, 3.63) is 23.9 Å². The fourth-order valence-corrected chi connectivity index (χ4v) is 1.53. The van der Waals surface area contributed by atoms with Crippen molar-refractivity contribution in [2.45, 2.75) is 19.9 Å². The lowest BCUT2D eigenvalue weighted by atomic mass is 10.1. The van der Waals surface area contributed by atoms with E-state index in [1.807, 2.05) is 25.3 Å². The third kappa shape index (κ3) is 3.47. The summed E-state index contributed by atoms with van der Waals surface area (Å²) in [6, 6.07) is 4.05. The second kappa shape index (κ2) is 6.45.